The number of hydrogen-bond donors (Lipinski definition) is 0. The molecule has 0 amide bonds. The quantitative estimate of drug-likeness (QED) is 0.157. The number of methoxy groups -OCH3 is 1. The molecular formula is C26H15Br2Cl2NO5. The largest absolute Gasteiger partial charge is 0.496 e. The van der Waals surface area contributed by atoms with E-state index >= 15 is 0 Å². The van der Waals surface area contributed by atoms with E-state index in [1.165, 1.54) is 19.3 Å². The van der Waals surface area contributed by atoms with Crippen LogP contribution >= 0.6 is 55.1 Å². The lowest BCUT2D eigenvalue weighted by atomic mass is 10.1. The molecule has 4 rings (SSSR count). The summed E-state index contributed by atoms with van der Waals surface area (Å²) in [5.41, 5.74) is 1.63. The second kappa shape index (κ2) is 11.4. The SMILES string of the molecule is COc1ccc(Cl)cc1C1=N/C(=C\c2cc(Br)cc(Br)c2OC(=O)/C=C/c2ccc(Cl)cc2)C(=O)O1. The van der Waals surface area contributed by atoms with Gasteiger partial charge in [-0.25, -0.2) is 14.6 Å². The zero-order chi connectivity index (χ0) is 25.8. The second-order valence-electron chi connectivity index (χ2n) is 7.29. The number of benzene rings is 3. The van der Waals surface area contributed by atoms with Crippen molar-refractivity contribution in [3.05, 3.63) is 102 Å². The van der Waals surface area contributed by atoms with Crippen molar-refractivity contribution in [1.29, 1.82) is 0 Å². The smallest absolute Gasteiger partial charge is 0.363 e. The van der Waals surface area contributed by atoms with Gasteiger partial charge in [-0.2, -0.15) is 0 Å². The van der Waals surface area contributed by atoms with Crippen molar-refractivity contribution in [2.24, 2.45) is 4.99 Å². The molecule has 0 radical (unpaired) electrons. The molecule has 0 saturated carbocycles. The van der Waals surface area contributed by atoms with Crippen molar-refractivity contribution in [3.63, 3.8) is 0 Å². The molecule has 1 aliphatic rings. The highest BCUT2D eigenvalue weighted by molar-refractivity contribution is 9.11. The zero-order valence-corrected chi connectivity index (χ0v) is 23.1. The first-order chi connectivity index (χ1) is 17.2. The fourth-order valence-corrected chi connectivity index (χ4v) is 4.82. The molecule has 6 nitrogen and oxygen atoms in total. The van der Waals surface area contributed by atoms with E-state index in [-0.39, 0.29) is 17.3 Å². The highest BCUT2D eigenvalue weighted by atomic mass is 79.9. The Labute approximate surface area is 233 Å². The summed E-state index contributed by atoms with van der Waals surface area (Å²) in [5.74, 6) is -0.602. The Balaban J connectivity index is 1.65. The summed E-state index contributed by atoms with van der Waals surface area (Å²) < 4.78 is 17.4. The van der Waals surface area contributed by atoms with E-state index in [1.807, 2.05) is 0 Å². The van der Waals surface area contributed by atoms with Crippen LogP contribution in [0.4, 0.5) is 0 Å². The minimum absolute atomic E-state index is 0.00559. The fraction of sp³-hybridized carbons (Fsp3) is 0.0385. The monoisotopic (exact) mass is 649 g/mol. The van der Waals surface area contributed by atoms with Crippen LogP contribution in [0, 0.1) is 0 Å². The van der Waals surface area contributed by atoms with Gasteiger partial charge in [0.15, 0.2) is 11.4 Å². The molecule has 0 aliphatic carbocycles. The molecule has 0 aromatic heterocycles. The van der Waals surface area contributed by atoms with Crippen LogP contribution in [0.3, 0.4) is 0 Å². The van der Waals surface area contributed by atoms with Crippen LogP contribution in [-0.4, -0.2) is 24.9 Å². The summed E-state index contributed by atoms with van der Waals surface area (Å²) >= 11 is 18.8. The standard InChI is InChI=1S/C26H15Br2Cl2NO5/c1-34-22-8-7-18(30)13-19(22)25-31-21(26(33)36-25)11-15-10-16(27)12-20(28)24(15)35-23(32)9-4-14-2-5-17(29)6-3-14/h2-13H,1H3/b9-4+,21-11-. The lowest BCUT2D eigenvalue weighted by Crippen LogP contribution is -2.07. The lowest BCUT2D eigenvalue weighted by molar-refractivity contribution is -0.130. The Kier molecular flexibility index (Phi) is 8.31. The molecule has 36 heavy (non-hydrogen) atoms. The molecule has 0 saturated heterocycles. The van der Waals surface area contributed by atoms with Gasteiger partial charge in [0.1, 0.15) is 5.75 Å². The third-order valence-corrected chi connectivity index (χ3v) is 6.36. The van der Waals surface area contributed by atoms with Gasteiger partial charge in [-0.1, -0.05) is 51.3 Å². The van der Waals surface area contributed by atoms with Crippen molar-refractivity contribution in [1.82, 2.24) is 0 Å². The summed E-state index contributed by atoms with van der Waals surface area (Å²) in [6.45, 7) is 0. The van der Waals surface area contributed by atoms with Crippen molar-refractivity contribution >= 4 is 85.1 Å². The topological polar surface area (TPSA) is 74.2 Å². The molecule has 1 heterocycles. The fourth-order valence-electron chi connectivity index (χ4n) is 3.19. The van der Waals surface area contributed by atoms with Crippen molar-refractivity contribution in [3.8, 4) is 11.5 Å². The van der Waals surface area contributed by atoms with Gasteiger partial charge in [0.25, 0.3) is 0 Å². The predicted octanol–water partition coefficient (Wildman–Crippen LogP) is 7.49. The van der Waals surface area contributed by atoms with Gasteiger partial charge in [-0.3, -0.25) is 0 Å². The van der Waals surface area contributed by atoms with Gasteiger partial charge in [-0.05, 0) is 76.1 Å². The third-order valence-electron chi connectivity index (χ3n) is 4.83. The molecular weight excluding hydrogens is 637 g/mol. The normalized spacial score (nSPS) is 14.2. The third kappa shape index (κ3) is 6.25. The van der Waals surface area contributed by atoms with Crippen molar-refractivity contribution in [2.75, 3.05) is 7.11 Å². The highest BCUT2D eigenvalue weighted by Crippen LogP contribution is 2.36. The van der Waals surface area contributed by atoms with Gasteiger partial charge in [0.05, 0.1) is 17.1 Å². The number of cyclic esters (lactones) is 1. The average molecular weight is 652 g/mol. The number of ether oxygens (including phenoxy) is 3. The first kappa shape index (κ1) is 26.2. The summed E-state index contributed by atoms with van der Waals surface area (Å²) in [5, 5.41) is 1.02. The minimum Gasteiger partial charge on any atom is -0.496 e. The second-order valence-corrected chi connectivity index (χ2v) is 9.94. The molecule has 0 unspecified atom stereocenters. The van der Waals surface area contributed by atoms with Gasteiger partial charge >= 0.3 is 11.9 Å². The summed E-state index contributed by atoms with van der Waals surface area (Å²) in [6.07, 6.45) is 4.36. The Morgan fingerprint density at radius 1 is 1.03 bits per heavy atom. The first-order valence-electron chi connectivity index (χ1n) is 10.2. The van der Waals surface area contributed by atoms with Gasteiger partial charge in [0.2, 0.25) is 5.90 Å². The van der Waals surface area contributed by atoms with E-state index < -0.39 is 11.9 Å². The zero-order valence-electron chi connectivity index (χ0n) is 18.4. The molecule has 0 fully saturated rings. The number of hydrogen-bond acceptors (Lipinski definition) is 6. The average Bonchev–Trinajstić information content (AvgIpc) is 3.20. The van der Waals surface area contributed by atoms with Crippen LogP contribution in [0.2, 0.25) is 10.0 Å². The molecule has 10 heteroatoms. The Morgan fingerprint density at radius 2 is 1.75 bits per heavy atom. The Morgan fingerprint density at radius 3 is 2.47 bits per heavy atom. The lowest BCUT2D eigenvalue weighted by Gasteiger charge is -2.09. The molecule has 0 spiro atoms. The van der Waals surface area contributed by atoms with Gasteiger partial charge in [-0.15, -0.1) is 0 Å². The number of esters is 2. The van der Waals surface area contributed by atoms with E-state index in [4.69, 9.17) is 37.4 Å². The number of aliphatic imine (C=N–C) groups is 1. The van der Waals surface area contributed by atoms with E-state index in [1.54, 1.807) is 60.7 Å². The van der Waals surface area contributed by atoms with E-state index in [0.717, 1.165) is 5.56 Å². The molecule has 182 valence electrons. The van der Waals surface area contributed by atoms with Crippen molar-refractivity contribution in [2.45, 2.75) is 0 Å². The Bertz CT molecular complexity index is 1450. The molecule has 3 aromatic carbocycles. The summed E-state index contributed by atoms with van der Waals surface area (Å²) in [6, 6.07) is 15.3. The highest BCUT2D eigenvalue weighted by Gasteiger charge is 2.27. The molecule has 0 atom stereocenters. The van der Waals surface area contributed by atoms with Crippen LogP contribution in [0.15, 0.2) is 80.3 Å². The van der Waals surface area contributed by atoms with Gasteiger partial charge in [0, 0.05) is 26.2 Å². The molecule has 0 bridgehead atoms. The predicted molar refractivity (Wildman–Crippen MR) is 147 cm³/mol. The van der Waals surface area contributed by atoms with Crippen molar-refractivity contribution < 1.29 is 23.8 Å². The number of carbonyl (C=O) groups is 2. The summed E-state index contributed by atoms with van der Waals surface area (Å²) in [7, 11) is 1.49. The van der Waals surface area contributed by atoms with E-state index in [0.29, 0.717) is 35.9 Å². The maximum absolute atomic E-state index is 12.6. The summed E-state index contributed by atoms with van der Waals surface area (Å²) in [4.78, 5) is 29.5. The maximum Gasteiger partial charge on any atom is 0.363 e. The van der Waals surface area contributed by atoms with E-state index in [9.17, 15) is 9.59 Å². The molecule has 1 aliphatic heterocycles. The maximum atomic E-state index is 12.6. The molecule has 3 aromatic rings. The van der Waals surface area contributed by atoms with Gasteiger partial charge < -0.3 is 14.2 Å². The molecule has 0 N–H and O–H groups in total. The number of halogens is 4. The Hall–Kier alpha value is -2.91. The van der Waals surface area contributed by atoms with Crippen LogP contribution in [0.5, 0.6) is 11.5 Å². The number of rotatable bonds is 6. The van der Waals surface area contributed by atoms with Crippen LogP contribution in [0.1, 0.15) is 16.7 Å². The number of carbonyl (C=O) groups excluding carboxylic acids is 2. The van der Waals surface area contributed by atoms with Crippen LogP contribution < -0.4 is 9.47 Å². The minimum atomic E-state index is -0.678. The van der Waals surface area contributed by atoms with Crippen LogP contribution in [0.25, 0.3) is 12.2 Å². The van der Waals surface area contributed by atoms with Crippen LogP contribution in [-0.2, 0) is 14.3 Å². The number of nitrogens with zero attached hydrogens (tertiary/aromatic N) is 1. The van der Waals surface area contributed by atoms with E-state index in [2.05, 4.69) is 36.9 Å². The first-order valence-corrected chi connectivity index (χ1v) is 12.6.